The molecule has 1 saturated heterocycles. The van der Waals surface area contributed by atoms with E-state index in [1.807, 2.05) is 12.1 Å². The van der Waals surface area contributed by atoms with Crippen molar-refractivity contribution in [1.82, 2.24) is 19.9 Å². The maximum atomic E-state index is 6.65. The second kappa shape index (κ2) is 6.23. The molecule has 2 fully saturated rings. The molecule has 3 aromatic heterocycles. The van der Waals surface area contributed by atoms with Crippen molar-refractivity contribution in [2.24, 2.45) is 17.8 Å². The molecular formula is C20H20ClN5O. The van der Waals surface area contributed by atoms with E-state index in [-0.39, 0.29) is 0 Å². The topological polar surface area (TPSA) is 66.9 Å². The molecule has 7 heteroatoms. The summed E-state index contributed by atoms with van der Waals surface area (Å²) in [5, 5.41) is 1.58. The van der Waals surface area contributed by atoms with Crippen molar-refractivity contribution < 1.29 is 4.74 Å². The Bertz CT molecular complexity index is 1010. The number of halogens is 1. The molecule has 138 valence electrons. The first kappa shape index (κ1) is 16.6. The van der Waals surface area contributed by atoms with Crippen LogP contribution in [0.5, 0.6) is 11.8 Å². The van der Waals surface area contributed by atoms with E-state index >= 15 is 0 Å². The molecule has 0 spiro atoms. The number of aromatic amines is 1. The lowest BCUT2D eigenvalue weighted by Crippen LogP contribution is -2.25. The lowest BCUT2D eigenvalue weighted by Gasteiger charge is -2.21. The quantitative estimate of drug-likeness (QED) is 0.670. The van der Waals surface area contributed by atoms with Crippen LogP contribution in [-0.4, -0.2) is 33.0 Å². The van der Waals surface area contributed by atoms with E-state index in [1.54, 1.807) is 12.4 Å². The van der Waals surface area contributed by atoms with E-state index in [0.717, 1.165) is 36.4 Å². The van der Waals surface area contributed by atoms with E-state index in [0.29, 0.717) is 40.2 Å². The van der Waals surface area contributed by atoms with Crippen molar-refractivity contribution in [3.63, 3.8) is 0 Å². The van der Waals surface area contributed by atoms with Gasteiger partial charge in [0, 0.05) is 25.0 Å². The molecule has 5 rings (SSSR count). The van der Waals surface area contributed by atoms with E-state index in [4.69, 9.17) is 21.3 Å². The van der Waals surface area contributed by atoms with Crippen molar-refractivity contribution in [1.29, 1.82) is 0 Å². The van der Waals surface area contributed by atoms with E-state index in [9.17, 15) is 0 Å². The van der Waals surface area contributed by atoms with Crippen molar-refractivity contribution in [3.8, 4) is 11.8 Å². The van der Waals surface area contributed by atoms with Crippen molar-refractivity contribution in [2.75, 3.05) is 18.0 Å². The molecule has 2 atom stereocenters. The maximum Gasteiger partial charge on any atom is 0.326 e. The number of aromatic nitrogens is 4. The molecule has 4 heterocycles. The van der Waals surface area contributed by atoms with Crippen LogP contribution in [0.1, 0.15) is 12.6 Å². The first-order valence-corrected chi connectivity index (χ1v) is 9.60. The highest BCUT2D eigenvalue weighted by Gasteiger charge is 2.54. The predicted molar refractivity (Wildman–Crippen MR) is 105 cm³/mol. The molecule has 0 aromatic carbocycles. The summed E-state index contributed by atoms with van der Waals surface area (Å²) in [6.07, 6.45) is 6.23. The summed E-state index contributed by atoms with van der Waals surface area (Å²) >= 11 is 6.65. The van der Waals surface area contributed by atoms with Gasteiger partial charge in [0.05, 0.1) is 16.6 Å². The van der Waals surface area contributed by atoms with Crippen molar-refractivity contribution >= 4 is 28.5 Å². The molecule has 1 aliphatic carbocycles. The number of pyridine rings is 1. The van der Waals surface area contributed by atoms with Gasteiger partial charge in [-0.05, 0) is 36.3 Å². The lowest BCUT2D eigenvalue weighted by molar-refractivity contribution is 0.442. The van der Waals surface area contributed by atoms with Crippen LogP contribution in [0.2, 0.25) is 5.02 Å². The fourth-order valence-corrected chi connectivity index (χ4v) is 4.55. The number of ether oxygens (including phenoxy) is 1. The number of anilines is 1. The number of fused-ring (bicyclic) bond motifs is 2. The zero-order valence-corrected chi connectivity index (χ0v) is 15.8. The Kier molecular flexibility index (Phi) is 3.82. The third-order valence-corrected chi connectivity index (χ3v) is 6.07. The second-order valence-corrected chi connectivity index (χ2v) is 7.54. The summed E-state index contributed by atoms with van der Waals surface area (Å²) < 4.78 is 5.86. The molecule has 0 amide bonds. The van der Waals surface area contributed by atoms with Crippen LogP contribution < -0.4 is 9.64 Å². The minimum absolute atomic E-state index is 0.298. The normalized spacial score (nSPS) is 23.5. The number of nitrogens with one attached hydrogen (secondary N) is 1. The Hall–Kier alpha value is -2.60. The van der Waals surface area contributed by atoms with Gasteiger partial charge < -0.3 is 14.6 Å². The van der Waals surface area contributed by atoms with Gasteiger partial charge in [0.2, 0.25) is 0 Å². The summed E-state index contributed by atoms with van der Waals surface area (Å²) in [4.78, 5) is 19.0. The Morgan fingerprint density at radius 3 is 2.85 bits per heavy atom. The third kappa shape index (κ3) is 2.67. The average Bonchev–Trinajstić information content (AvgIpc) is 3.00. The van der Waals surface area contributed by atoms with Gasteiger partial charge in [-0.1, -0.05) is 24.6 Å². The smallest absolute Gasteiger partial charge is 0.326 e. The molecule has 2 aliphatic rings. The summed E-state index contributed by atoms with van der Waals surface area (Å²) in [6, 6.07) is 3.95. The minimum Gasteiger partial charge on any atom is -0.423 e. The number of aryl methyl sites for hydroxylation is 1. The first-order valence-electron chi connectivity index (χ1n) is 9.23. The van der Waals surface area contributed by atoms with Crippen LogP contribution in [0.4, 0.5) is 5.82 Å². The number of allylic oxidation sites excluding steroid dienone is 1. The predicted octanol–water partition coefficient (Wildman–Crippen LogP) is 4.23. The van der Waals surface area contributed by atoms with Crippen LogP contribution in [0.25, 0.3) is 11.0 Å². The monoisotopic (exact) mass is 381 g/mol. The van der Waals surface area contributed by atoms with Gasteiger partial charge in [0.1, 0.15) is 17.2 Å². The Morgan fingerprint density at radius 1 is 1.37 bits per heavy atom. The van der Waals surface area contributed by atoms with Crippen LogP contribution in [0.15, 0.2) is 37.2 Å². The molecule has 1 N–H and O–H groups in total. The summed E-state index contributed by atoms with van der Waals surface area (Å²) in [5.41, 5.74) is 1.68. The van der Waals surface area contributed by atoms with Crippen molar-refractivity contribution in [3.05, 3.63) is 47.9 Å². The third-order valence-electron chi connectivity index (χ3n) is 5.65. The first-order chi connectivity index (χ1) is 13.2. The largest absolute Gasteiger partial charge is 0.423 e. The maximum absolute atomic E-state index is 6.65. The summed E-state index contributed by atoms with van der Waals surface area (Å²) in [5.74, 6) is 3.41. The number of piperidine rings is 1. The van der Waals surface area contributed by atoms with Gasteiger partial charge >= 0.3 is 6.01 Å². The molecular weight excluding hydrogens is 362 g/mol. The van der Waals surface area contributed by atoms with Crippen molar-refractivity contribution in [2.45, 2.75) is 13.3 Å². The van der Waals surface area contributed by atoms with E-state index < -0.39 is 0 Å². The van der Waals surface area contributed by atoms with Gasteiger partial charge in [-0.2, -0.15) is 9.97 Å². The average molecular weight is 382 g/mol. The Morgan fingerprint density at radius 2 is 2.19 bits per heavy atom. The lowest BCUT2D eigenvalue weighted by atomic mass is 10.2. The highest BCUT2D eigenvalue weighted by Crippen LogP contribution is 2.53. The summed E-state index contributed by atoms with van der Waals surface area (Å²) in [7, 11) is 0. The highest BCUT2D eigenvalue weighted by atomic mass is 35.5. The summed E-state index contributed by atoms with van der Waals surface area (Å²) in [6.45, 7) is 7.93. The molecule has 2 unspecified atom stereocenters. The van der Waals surface area contributed by atoms with E-state index in [1.165, 1.54) is 0 Å². The fraction of sp³-hybridized carbons (Fsp3) is 0.350. The van der Waals surface area contributed by atoms with Gasteiger partial charge in [0.25, 0.3) is 0 Å². The molecule has 1 saturated carbocycles. The zero-order chi connectivity index (χ0) is 18.5. The minimum atomic E-state index is 0.298. The van der Waals surface area contributed by atoms with Crippen LogP contribution in [0.3, 0.4) is 0 Å². The Balaban J connectivity index is 1.57. The number of hydrogen-bond donors (Lipinski definition) is 1. The zero-order valence-electron chi connectivity index (χ0n) is 15.0. The van der Waals surface area contributed by atoms with Crippen LogP contribution in [-0.2, 0) is 6.42 Å². The van der Waals surface area contributed by atoms with Crippen LogP contribution >= 0.6 is 11.6 Å². The fourth-order valence-electron chi connectivity index (χ4n) is 4.20. The molecule has 3 aromatic rings. The van der Waals surface area contributed by atoms with Crippen LogP contribution in [0, 0.1) is 17.8 Å². The Labute approximate surface area is 162 Å². The number of hydrogen-bond acceptors (Lipinski definition) is 5. The van der Waals surface area contributed by atoms with Gasteiger partial charge in [-0.3, -0.25) is 4.98 Å². The van der Waals surface area contributed by atoms with Gasteiger partial charge in [-0.25, -0.2) is 0 Å². The number of nitrogens with zero attached hydrogens (tertiary/aromatic N) is 4. The molecule has 6 nitrogen and oxygen atoms in total. The van der Waals surface area contributed by atoms with Gasteiger partial charge in [-0.15, -0.1) is 6.58 Å². The highest BCUT2D eigenvalue weighted by molar-refractivity contribution is 6.37. The van der Waals surface area contributed by atoms with E-state index in [2.05, 4.69) is 39.4 Å². The molecule has 0 radical (unpaired) electrons. The molecule has 0 bridgehead atoms. The van der Waals surface area contributed by atoms with Gasteiger partial charge in [0.15, 0.2) is 0 Å². The number of H-pyrrole nitrogens is 1. The number of rotatable bonds is 5. The second-order valence-electron chi connectivity index (χ2n) is 7.16. The molecule has 1 aliphatic heterocycles. The molecule has 27 heavy (non-hydrogen) atoms. The standard InChI is InChI=1S/C20H20ClN5O/c1-3-12-13-9-26(10-14(12)13)19-16-17(21)15(4-2)23-18(16)24-20(25-19)27-11-6-5-7-22-8-11/h3,5-8,12-14H,1,4,9-10H2,2H3,(H,23,24,25). The SMILES string of the molecule is C=CC1C2CN(c3nc(Oc4cccnc4)nc4[nH]c(CC)c(Cl)c34)CC12.